The summed E-state index contributed by atoms with van der Waals surface area (Å²) in [5, 5.41) is 0. The lowest BCUT2D eigenvalue weighted by molar-refractivity contribution is -0.167. The monoisotopic (exact) mass is 681 g/mol. The van der Waals surface area contributed by atoms with Gasteiger partial charge in [-0.15, -0.1) is 0 Å². The van der Waals surface area contributed by atoms with Crippen LogP contribution in [0.5, 0.6) is 0 Å². The van der Waals surface area contributed by atoms with Crippen molar-refractivity contribution in [3.05, 3.63) is 0 Å². The number of carbonyl (C=O) groups is 3. The molecule has 0 aromatic heterocycles. The molecule has 1 unspecified atom stereocenters. The SMILES string of the molecule is CCCCCCCCCCCCCCCC(=O)OC[C@H](COC(=O)CCCCCCCCC)OC(=O)CCCCCCCCC(C)CC. The fraction of sp³-hybridized carbons (Fsp3) is 0.929. The van der Waals surface area contributed by atoms with Crippen LogP contribution in [0.15, 0.2) is 0 Å². The number of rotatable bonds is 37. The lowest BCUT2D eigenvalue weighted by atomic mass is 10.00. The third-order valence-corrected chi connectivity index (χ3v) is 9.65. The molecule has 0 radical (unpaired) electrons. The molecule has 0 aliphatic heterocycles. The van der Waals surface area contributed by atoms with Gasteiger partial charge in [0.2, 0.25) is 0 Å². The molecule has 6 nitrogen and oxygen atoms in total. The second kappa shape index (κ2) is 36.7. The summed E-state index contributed by atoms with van der Waals surface area (Å²) in [6.45, 7) is 8.91. The van der Waals surface area contributed by atoms with Gasteiger partial charge in [0.1, 0.15) is 13.2 Å². The van der Waals surface area contributed by atoms with Crippen molar-refractivity contribution in [2.75, 3.05) is 13.2 Å². The van der Waals surface area contributed by atoms with Crippen LogP contribution in [0.2, 0.25) is 0 Å². The molecule has 0 saturated carbocycles. The third kappa shape index (κ3) is 34.3. The van der Waals surface area contributed by atoms with Crippen molar-refractivity contribution >= 4 is 17.9 Å². The Balaban J connectivity index is 4.30. The van der Waals surface area contributed by atoms with Gasteiger partial charge in [-0.05, 0) is 25.2 Å². The van der Waals surface area contributed by atoms with E-state index in [1.54, 1.807) is 0 Å². The fourth-order valence-corrected chi connectivity index (χ4v) is 6.06. The summed E-state index contributed by atoms with van der Waals surface area (Å²) in [5.41, 5.74) is 0. The van der Waals surface area contributed by atoms with Crippen molar-refractivity contribution in [1.82, 2.24) is 0 Å². The van der Waals surface area contributed by atoms with Gasteiger partial charge in [0.25, 0.3) is 0 Å². The van der Waals surface area contributed by atoms with E-state index in [1.807, 2.05) is 0 Å². The predicted octanol–water partition coefficient (Wildman–Crippen LogP) is 12.8. The summed E-state index contributed by atoms with van der Waals surface area (Å²) in [5.74, 6) is -0.0590. The van der Waals surface area contributed by atoms with Gasteiger partial charge in [-0.3, -0.25) is 14.4 Å². The lowest BCUT2D eigenvalue weighted by Gasteiger charge is -2.18. The van der Waals surface area contributed by atoms with E-state index in [0.717, 1.165) is 63.7 Å². The van der Waals surface area contributed by atoms with Gasteiger partial charge in [0.05, 0.1) is 0 Å². The second-order valence-corrected chi connectivity index (χ2v) is 14.5. The van der Waals surface area contributed by atoms with E-state index in [2.05, 4.69) is 27.7 Å². The van der Waals surface area contributed by atoms with E-state index in [0.29, 0.717) is 19.3 Å². The first-order valence-electron chi connectivity index (χ1n) is 20.9. The van der Waals surface area contributed by atoms with Crippen molar-refractivity contribution in [3.8, 4) is 0 Å². The summed E-state index contributed by atoms with van der Waals surface area (Å²) in [7, 11) is 0. The van der Waals surface area contributed by atoms with Crippen LogP contribution in [0, 0.1) is 5.92 Å². The number of ether oxygens (including phenoxy) is 3. The molecule has 284 valence electrons. The van der Waals surface area contributed by atoms with Gasteiger partial charge < -0.3 is 14.2 Å². The molecule has 6 heteroatoms. The minimum atomic E-state index is -0.758. The van der Waals surface area contributed by atoms with Crippen LogP contribution in [-0.2, 0) is 28.6 Å². The standard InChI is InChI=1S/C42H80O6/c1-5-8-10-12-14-15-16-17-18-19-21-26-30-34-41(44)47-37-39(36-46-40(43)33-29-25-20-13-11-9-6-2)48-42(45)35-31-27-23-22-24-28-32-38(4)7-3/h38-39H,5-37H2,1-4H3/t38?,39-/m0/s1. The molecule has 0 spiro atoms. The van der Waals surface area contributed by atoms with E-state index in [1.165, 1.54) is 122 Å². The van der Waals surface area contributed by atoms with Crippen molar-refractivity contribution in [2.45, 2.75) is 233 Å². The topological polar surface area (TPSA) is 78.9 Å². The highest BCUT2D eigenvalue weighted by Crippen LogP contribution is 2.16. The molecule has 48 heavy (non-hydrogen) atoms. The maximum Gasteiger partial charge on any atom is 0.306 e. The Kier molecular flexibility index (Phi) is 35.5. The Morgan fingerprint density at radius 3 is 1.08 bits per heavy atom. The molecule has 0 fully saturated rings. The average Bonchev–Trinajstić information content (AvgIpc) is 3.08. The predicted molar refractivity (Wildman–Crippen MR) is 201 cm³/mol. The molecule has 0 heterocycles. The normalized spacial score (nSPS) is 12.5. The molecule has 0 rings (SSSR count). The minimum Gasteiger partial charge on any atom is -0.462 e. The number of carbonyl (C=O) groups excluding carboxylic acids is 3. The summed E-state index contributed by atoms with van der Waals surface area (Å²) in [4.78, 5) is 37.4. The van der Waals surface area contributed by atoms with Gasteiger partial charge in [-0.25, -0.2) is 0 Å². The number of esters is 3. The van der Waals surface area contributed by atoms with Crippen molar-refractivity contribution in [2.24, 2.45) is 5.92 Å². The van der Waals surface area contributed by atoms with Crippen LogP contribution >= 0.6 is 0 Å². The zero-order valence-corrected chi connectivity index (χ0v) is 32.4. The molecule has 0 saturated heterocycles. The fourth-order valence-electron chi connectivity index (χ4n) is 6.06. The largest absolute Gasteiger partial charge is 0.462 e. The van der Waals surface area contributed by atoms with E-state index in [-0.39, 0.29) is 31.1 Å². The molecular weight excluding hydrogens is 600 g/mol. The first kappa shape index (κ1) is 46.4. The molecule has 0 bridgehead atoms. The Morgan fingerprint density at radius 1 is 0.417 bits per heavy atom. The van der Waals surface area contributed by atoms with Crippen molar-refractivity contribution < 1.29 is 28.6 Å². The second-order valence-electron chi connectivity index (χ2n) is 14.5. The number of hydrogen-bond acceptors (Lipinski definition) is 6. The highest BCUT2D eigenvalue weighted by Gasteiger charge is 2.19. The summed E-state index contributed by atoms with van der Waals surface area (Å²) >= 11 is 0. The lowest BCUT2D eigenvalue weighted by Crippen LogP contribution is -2.30. The molecule has 0 aromatic carbocycles. The molecular formula is C42H80O6. The number of unbranched alkanes of at least 4 members (excludes halogenated alkanes) is 23. The highest BCUT2D eigenvalue weighted by molar-refractivity contribution is 5.71. The highest BCUT2D eigenvalue weighted by atomic mass is 16.6. The van der Waals surface area contributed by atoms with Gasteiger partial charge in [0.15, 0.2) is 6.10 Å². The number of hydrogen-bond donors (Lipinski definition) is 0. The van der Waals surface area contributed by atoms with Crippen LogP contribution < -0.4 is 0 Å². The zero-order chi connectivity index (χ0) is 35.3. The maximum atomic E-state index is 12.6. The van der Waals surface area contributed by atoms with Gasteiger partial charge in [-0.1, -0.05) is 188 Å². The summed E-state index contributed by atoms with van der Waals surface area (Å²) < 4.78 is 16.6. The minimum absolute atomic E-state index is 0.0656. The van der Waals surface area contributed by atoms with Gasteiger partial charge in [-0.2, -0.15) is 0 Å². The third-order valence-electron chi connectivity index (χ3n) is 9.65. The first-order chi connectivity index (χ1) is 23.4. The quantitative estimate of drug-likeness (QED) is 0.0369. The molecule has 2 atom stereocenters. The Hall–Kier alpha value is -1.59. The van der Waals surface area contributed by atoms with E-state index >= 15 is 0 Å². The van der Waals surface area contributed by atoms with Crippen LogP contribution in [0.1, 0.15) is 227 Å². The van der Waals surface area contributed by atoms with Crippen LogP contribution in [0.3, 0.4) is 0 Å². The Morgan fingerprint density at radius 2 is 0.729 bits per heavy atom. The maximum absolute atomic E-state index is 12.6. The van der Waals surface area contributed by atoms with Gasteiger partial charge >= 0.3 is 17.9 Å². The molecule has 0 aliphatic rings. The molecule has 0 amide bonds. The molecule has 0 N–H and O–H groups in total. The summed E-state index contributed by atoms with van der Waals surface area (Å²) in [6, 6.07) is 0. The first-order valence-corrected chi connectivity index (χ1v) is 20.9. The Labute approximate surface area is 298 Å². The molecule has 0 aromatic rings. The average molecular weight is 681 g/mol. The van der Waals surface area contributed by atoms with E-state index < -0.39 is 6.10 Å². The molecule has 0 aliphatic carbocycles. The van der Waals surface area contributed by atoms with Crippen LogP contribution in [-0.4, -0.2) is 37.2 Å². The zero-order valence-electron chi connectivity index (χ0n) is 32.4. The van der Waals surface area contributed by atoms with Gasteiger partial charge in [0, 0.05) is 19.3 Å². The summed E-state index contributed by atoms with van der Waals surface area (Å²) in [6.07, 6.45) is 33.8. The smallest absolute Gasteiger partial charge is 0.306 e. The van der Waals surface area contributed by atoms with Crippen molar-refractivity contribution in [1.29, 1.82) is 0 Å². The Bertz CT molecular complexity index is 723. The van der Waals surface area contributed by atoms with Crippen LogP contribution in [0.4, 0.5) is 0 Å². The van der Waals surface area contributed by atoms with E-state index in [9.17, 15) is 14.4 Å². The van der Waals surface area contributed by atoms with Crippen molar-refractivity contribution in [3.63, 3.8) is 0 Å². The van der Waals surface area contributed by atoms with Crippen LogP contribution in [0.25, 0.3) is 0 Å². The van der Waals surface area contributed by atoms with E-state index in [4.69, 9.17) is 14.2 Å².